The van der Waals surface area contributed by atoms with Crippen molar-refractivity contribution >= 4 is 11.0 Å². The lowest BCUT2D eigenvalue weighted by Crippen LogP contribution is -2.34. The highest BCUT2D eigenvalue weighted by atomic mass is 19.1. The number of aromatic amines is 1. The molecule has 4 rings (SSSR count). The molecule has 0 fully saturated rings. The molecule has 0 unspecified atom stereocenters. The van der Waals surface area contributed by atoms with E-state index >= 15 is 0 Å². The molecule has 2 heterocycles. The Hall–Kier alpha value is -3.53. The van der Waals surface area contributed by atoms with Gasteiger partial charge < -0.3 is 29.8 Å². The number of H-pyrrole nitrogens is 1. The van der Waals surface area contributed by atoms with Gasteiger partial charge in [-0.25, -0.2) is 13.8 Å². The van der Waals surface area contributed by atoms with Gasteiger partial charge in [0.1, 0.15) is 28.8 Å². The summed E-state index contributed by atoms with van der Waals surface area (Å²) in [4.78, 5) is 7.21. The minimum absolute atomic E-state index is 0.00625. The Morgan fingerprint density at radius 1 is 1.00 bits per heavy atom. The first-order valence-corrected chi connectivity index (χ1v) is 8.73. The van der Waals surface area contributed by atoms with Gasteiger partial charge in [0, 0.05) is 28.3 Å². The van der Waals surface area contributed by atoms with Crippen LogP contribution in [0.4, 0.5) is 8.78 Å². The summed E-state index contributed by atoms with van der Waals surface area (Å²) in [5, 5.41) is 28.3. The molecule has 0 saturated carbocycles. The number of aliphatic hydroxyl groups is 3. The van der Waals surface area contributed by atoms with Crippen LogP contribution in [-0.2, 0) is 0 Å². The van der Waals surface area contributed by atoms with Gasteiger partial charge in [0.2, 0.25) is 0 Å². The van der Waals surface area contributed by atoms with Crippen molar-refractivity contribution in [3.63, 3.8) is 0 Å². The van der Waals surface area contributed by atoms with E-state index in [0.717, 1.165) is 18.2 Å². The minimum atomic E-state index is -3.50. The fourth-order valence-corrected chi connectivity index (χ4v) is 3.26. The molecule has 0 bridgehead atoms. The number of pyridine rings is 1. The average molecular weight is 414 g/mol. The van der Waals surface area contributed by atoms with Crippen LogP contribution in [-0.4, -0.2) is 38.6 Å². The number of nitrogens with one attached hydrogen (secondary N) is 1. The van der Waals surface area contributed by atoms with Crippen LogP contribution in [0.2, 0.25) is 0 Å². The molecule has 4 N–H and O–H groups in total. The van der Waals surface area contributed by atoms with Gasteiger partial charge in [0.15, 0.2) is 0 Å². The first kappa shape index (κ1) is 19.8. The molecule has 0 radical (unpaired) electrons. The molecular weight excluding hydrogens is 398 g/mol. The smallest absolute Gasteiger partial charge is 0.453 e. The van der Waals surface area contributed by atoms with Gasteiger partial charge >= 0.3 is 6.16 Å². The summed E-state index contributed by atoms with van der Waals surface area (Å²) in [5.41, 5.74) is 1.04. The van der Waals surface area contributed by atoms with Crippen molar-refractivity contribution < 1.29 is 33.6 Å². The van der Waals surface area contributed by atoms with Crippen LogP contribution in [0.25, 0.3) is 33.4 Å². The first-order chi connectivity index (χ1) is 14.3. The Balaban J connectivity index is 2.05. The topological polar surface area (TPSA) is 108 Å². The average Bonchev–Trinajstić information content (AvgIpc) is 3.08. The monoisotopic (exact) mass is 414 g/mol. The number of aromatic nitrogens is 2. The van der Waals surface area contributed by atoms with Crippen LogP contribution in [0, 0.1) is 11.6 Å². The first-order valence-electron chi connectivity index (χ1n) is 8.73. The number of hydrogen-bond acceptors (Lipinski definition) is 6. The maximum Gasteiger partial charge on any atom is 0.453 e. The second kappa shape index (κ2) is 7.38. The predicted molar refractivity (Wildman–Crippen MR) is 103 cm³/mol. The van der Waals surface area contributed by atoms with Crippen LogP contribution < -0.4 is 9.47 Å². The van der Waals surface area contributed by atoms with Gasteiger partial charge in [-0.05, 0) is 48.5 Å². The van der Waals surface area contributed by atoms with E-state index in [1.165, 1.54) is 31.5 Å². The molecule has 9 heteroatoms. The molecule has 7 nitrogen and oxygen atoms in total. The van der Waals surface area contributed by atoms with Crippen molar-refractivity contribution in [2.45, 2.75) is 6.16 Å². The number of rotatable bonds is 5. The highest BCUT2D eigenvalue weighted by Crippen LogP contribution is 2.43. The maximum atomic E-state index is 14.8. The molecule has 0 atom stereocenters. The normalized spacial score (nSPS) is 11.7. The summed E-state index contributed by atoms with van der Waals surface area (Å²) in [6.07, 6.45) is -1.98. The van der Waals surface area contributed by atoms with Crippen molar-refractivity contribution in [1.82, 2.24) is 9.97 Å². The number of methoxy groups -OCH3 is 1. The molecule has 2 aromatic carbocycles. The van der Waals surface area contributed by atoms with Crippen LogP contribution in [0.15, 0.2) is 54.7 Å². The lowest BCUT2D eigenvalue weighted by molar-refractivity contribution is -0.419. The second-order valence-electron chi connectivity index (χ2n) is 6.44. The van der Waals surface area contributed by atoms with E-state index in [9.17, 15) is 24.1 Å². The maximum absolute atomic E-state index is 14.8. The van der Waals surface area contributed by atoms with Crippen molar-refractivity contribution in [1.29, 1.82) is 0 Å². The summed E-state index contributed by atoms with van der Waals surface area (Å²) in [6, 6.07) is 10.7. The molecule has 0 aliphatic rings. The van der Waals surface area contributed by atoms with E-state index in [0.29, 0.717) is 22.3 Å². The molecule has 0 aliphatic carbocycles. The Bertz CT molecular complexity index is 1230. The number of fused-ring (bicyclic) bond motifs is 1. The van der Waals surface area contributed by atoms with Gasteiger partial charge in [0.05, 0.1) is 12.8 Å². The van der Waals surface area contributed by atoms with Crippen molar-refractivity contribution in [2.75, 3.05) is 7.11 Å². The number of ether oxygens (including phenoxy) is 2. The number of halogens is 2. The van der Waals surface area contributed by atoms with E-state index in [-0.39, 0.29) is 22.6 Å². The van der Waals surface area contributed by atoms with Crippen molar-refractivity contribution in [3.05, 3.63) is 66.4 Å². The standard InChI is InChI=1S/C21H16F2N2O5/c1-29-12-5-6-16(23)14(10-12)18-13-3-2-8-24-20(13)25-19(18)15-9-11(22)4-7-17(15)30-21(26,27)28/h2-10,26-28H,1H3,(H,24,25). The van der Waals surface area contributed by atoms with Crippen LogP contribution in [0.3, 0.4) is 0 Å². The Morgan fingerprint density at radius 3 is 2.53 bits per heavy atom. The third-order valence-corrected chi connectivity index (χ3v) is 4.47. The Morgan fingerprint density at radius 2 is 1.80 bits per heavy atom. The van der Waals surface area contributed by atoms with Crippen molar-refractivity contribution in [3.8, 4) is 33.9 Å². The molecule has 0 amide bonds. The zero-order chi connectivity index (χ0) is 21.5. The van der Waals surface area contributed by atoms with Gasteiger partial charge in [-0.3, -0.25) is 0 Å². The van der Waals surface area contributed by atoms with E-state index in [2.05, 4.69) is 9.97 Å². The fourth-order valence-electron chi connectivity index (χ4n) is 3.26. The van der Waals surface area contributed by atoms with E-state index in [1.54, 1.807) is 12.1 Å². The highest BCUT2D eigenvalue weighted by molar-refractivity contribution is 6.03. The lowest BCUT2D eigenvalue weighted by atomic mass is 9.97. The van der Waals surface area contributed by atoms with E-state index in [1.807, 2.05) is 0 Å². The van der Waals surface area contributed by atoms with Gasteiger partial charge in [-0.1, -0.05) is 0 Å². The summed E-state index contributed by atoms with van der Waals surface area (Å²) >= 11 is 0. The molecular formula is C21H16F2N2O5. The number of nitrogens with zero attached hydrogens (tertiary/aromatic N) is 1. The summed E-state index contributed by atoms with van der Waals surface area (Å²) in [7, 11) is 1.44. The molecule has 154 valence electrons. The van der Waals surface area contributed by atoms with E-state index < -0.39 is 17.8 Å². The third kappa shape index (κ3) is 3.69. The zero-order valence-electron chi connectivity index (χ0n) is 15.6. The highest BCUT2D eigenvalue weighted by Gasteiger charge is 2.26. The van der Waals surface area contributed by atoms with Gasteiger partial charge in [-0.15, -0.1) is 0 Å². The van der Waals surface area contributed by atoms with Gasteiger partial charge in [-0.2, -0.15) is 0 Å². The fraction of sp³-hybridized carbons (Fsp3) is 0.0952. The number of benzene rings is 2. The molecule has 2 aromatic heterocycles. The van der Waals surface area contributed by atoms with E-state index in [4.69, 9.17) is 9.47 Å². The minimum Gasteiger partial charge on any atom is -0.497 e. The van der Waals surface area contributed by atoms with Crippen LogP contribution >= 0.6 is 0 Å². The largest absolute Gasteiger partial charge is 0.497 e. The number of hydrogen-bond donors (Lipinski definition) is 4. The Labute approximate surface area is 168 Å². The lowest BCUT2D eigenvalue weighted by Gasteiger charge is -2.18. The molecule has 0 saturated heterocycles. The zero-order valence-corrected chi connectivity index (χ0v) is 15.6. The van der Waals surface area contributed by atoms with Crippen molar-refractivity contribution in [2.24, 2.45) is 0 Å². The molecule has 4 aromatic rings. The molecule has 0 aliphatic heterocycles. The third-order valence-electron chi connectivity index (χ3n) is 4.47. The molecule has 0 spiro atoms. The molecule has 30 heavy (non-hydrogen) atoms. The summed E-state index contributed by atoms with van der Waals surface area (Å²) < 4.78 is 38.9. The SMILES string of the molecule is COc1ccc(F)c(-c2c(-c3cc(F)ccc3OC(O)(O)O)[nH]c3ncccc23)c1. The van der Waals surface area contributed by atoms with Crippen LogP contribution in [0.1, 0.15) is 0 Å². The summed E-state index contributed by atoms with van der Waals surface area (Å²) in [6.45, 7) is 0. The Kier molecular flexibility index (Phi) is 4.86. The second-order valence-corrected chi connectivity index (χ2v) is 6.44. The predicted octanol–water partition coefficient (Wildman–Crippen LogP) is 3.15. The van der Waals surface area contributed by atoms with Gasteiger partial charge in [0.25, 0.3) is 0 Å². The van der Waals surface area contributed by atoms with Crippen LogP contribution in [0.5, 0.6) is 11.5 Å². The summed E-state index contributed by atoms with van der Waals surface area (Å²) in [5.74, 6) is -1.10. The quantitative estimate of drug-likeness (QED) is 0.374.